The van der Waals surface area contributed by atoms with Crippen molar-refractivity contribution < 1.29 is 14.4 Å². The average Bonchev–Trinajstić information content (AvgIpc) is 2.71. The van der Waals surface area contributed by atoms with E-state index in [0.717, 1.165) is 22.2 Å². The van der Waals surface area contributed by atoms with Gasteiger partial charge in [0, 0.05) is 34.2 Å². The predicted molar refractivity (Wildman–Crippen MR) is 98.4 cm³/mol. The van der Waals surface area contributed by atoms with E-state index < -0.39 is 6.04 Å². The van der Waals surface area contributed by atoms with Crippen LogP contribution >= 0.6 is 0 Å². The van der Waals surface area contributed by atoms with Crippen molar-refractivity contribution in [3.05, 3.63) is 52.7 Å². The van der Waals surface area contributed by atoms with Crippen molar-refractivity contribution in [1.29, 1.82) is 0 Å². The highest BCUT2D eigenvalue weighted by atomic mass is 16.1. The summed E-state index contributed by atoms with van der Waals surface area (Å²) in [5, 5.41) is 1.06. The highest BCUT2D eigenvalue weighted by molar-refractivity contribution is 6.06. The number of hydrogen-bond donors (Lipinski definition) is 0. The largest absolute Gasteiger partial charge is 0.333 e. The molecule has 2 heterocycles. The molecule has 0 amide bonds. The first-order valence-electron chi connectivity index (χ1n) is 8.35. The zero-order valence-electron chi connectivity index (χ0n) is 14.9. The number of rotatable bonds is 4. The molecule has 25 heavy (non-hydrogen) atoms. The van der Waals surface area contributed by atoms with Crippen LogP contribution in [0.3, 0.4) is 0 Å². The first-order valence-corrected chi connectivity index (χ1v) is 8.35. The highest BCUT2D eigenvalue weighted by Gasteiger charge is 2.29. The molecule has 0 saturated carbocycles. The number of ketones is 3. The molecule has 1 aromatic carbocycles. The molecule has 1 aliphatic rings. The van der Waals surface area contributed by atoms with Crippen molar-refractivity contribution in [2.75, 3.05) is 0 Å². The fraction of sp³-hybridized carbons (Fsp3) is 0.286. The lowest BCUT2D eigenvalue weighted by Gasteiger charge is -2.22. The van der Waals surface area contributed by atoms with E-state index in [1.54, 1.807) is 6.08 Å². The van der Waals surface area contributed by atoms with Gasteiger partial charge in [-0.25, -0.2) is 0 Å². The number of allylic oxidation sites excluding steroid dienone is 3. The fourth-order valence-electron chi connectivity index (χ4n) is 3.57. The minimum Gasteiger partial charge on any atom is -0.333 e. The number of carbonyl (C=O) groups excluding carboxylic acids is 3. The van der Waals surface area contributed by atoms with E-state index in [9.17, 15) is 14.4 Å². The third-order valence-corrected chi connectivity index (χ3v) is 4.78. The zero-order valence-corrected chi connectivity index (χ0v) is 14.9. The van der Waals surface area contributed by atoms with Crippen molar-refractivity contribution >= 4 is 34.3 Å². The van der Waals surface area contributed by atoms with Crippen LogP contribution in [0.5, 0.6) is 0 Å². The van der Waals surface area contributed by atoms with Gasteiger partial charge in [0.1, 0.15) is 5.78 Å². The van der Waals surface area contributed by atoms with E-state index in [-0.39, 0.29) is 23.8 Å². The van der Waals surface area contributed by atoms with Gasteiger partial charge in [-0.15, -0.1) is 0 Å². The van der Waals surface area contributed by atoms with E-state index in [0.29, 0.717) is 11.1 Å². The standard InChI is InChI=1S/C21H21NO3/c1-12(23)9-21-18(15(4)25)10-16(14(3)24)11-20-13(2)17-7-5-6-8-19(17)22(20)21/h5-8,10-11,21H,9H2,1-4H3. The average molecular weight is 335 g/mol. The van der Waals surface area contributed by atoms with Crippen molar-refractivity contribution in [2.24, 2.45) is 0 Å². The number of benzene rings is 1. The van der Waals surface area contributed by atoms with Crippen molar-refractivity contribution in [3.63, 3.8) is 0 Å². The molecule has 0 bridgehead atoms. The van der Waals surface area contributed by atoms with E-state index in [1.165, 1.54) is 20.8 Å². The monoisotopic (exact) mass is 335 g/mol. The summed E-state index contributed by atoms with van der Waals surface area (Å²) in [4.78, 5) is 36.3. The van der Waals surface area contributed by atoms with Crippen LogP contribution in [0.25, 0.3) is 17.0 Å². The van der Waals surface area contributed by atoms with E-state index in [4.69, 9.17) is 0 Å². The van der Waals surface area contributed by atoms with Crippen LogP contribution in [0.15, 0.2) is 41.5 Å². The molecule has 1 unspecified atom stereocenters. The Morgan fingerprint density at radius 3 is 2.28 bits per heavy atom. The second kappa shape index (κ2) is 6.28. The highest BCUT2D eigenvalue weighted by Crippen LogP contribution is 2.37. The molecule has 1 atom stereocenters. The van der Waals surface area contributed by atoms with E-state index in [1.807, 2.05) is 41.8 Å². The van der Waals surface area contributed by atoms with Crippen LogP contribution in [-0.2, 0) is 14.4 Å². The number of aryl methyl sites for hydroxylation is 1. The second-order valence-corrected chi connectivity index (χ2v) is 6.63. The molecule has 1 aliphatic heterocycles. The third-order valence-electron chi connectivity index (χ3n) is 4.78. The Morgan fingerprint density at radius 1 is 1.00 bits per heavy atom. The number of fused-ring (bicyclic) bond motifs is 3. The number of carbonyl (C=O) groups is 3. The number of aromatic nitrogens is 1. The summed E-state index contributed by atoms with van der Waals surface area (Å²) < 4.78 is 2.04. The molecular formula is C21H21NO3. The maximum atomic E-state index is 12.3. The first-order chi connectivity index (χ1) is 11.8. The molecule has 0 fully saturated rings. The van der Waals surface area contributed by atoms with Gasteiger partial charge in [0.25, 0.3) is 0 Å². The topological polar surface area (TPSA) is 56.1 Å². The van der Waals surface area contributed by atoms with Crippen LogP contribution in [0.2, 0.25) is 0 Å². The number of hydrogen-bond acceptors (Lipinski definition) is 3. The fourth-order valence-corrected chi connectivity index (χ4v) is 3.57. The minimum absolute atomic E-state index is 0.00445. The van der Waals surface area contributed by atoms with Crippen LogP contribution in [0, 0.1) is 6.92 Å². The summed E-state index contributed by atoms with van der Waals surface area (Å²) in [6.45, 7) is 6.51. The van der Waals surface area contributed by atoms with Gasteiger partial charge >= 0.3 is 0 Å². The smallest absolute Gasteiger partial charge is 0.159 e. The van der Waals surface area contributed by atoms with Gasteiger partial charge in [0.2, 0.25) is 0 Å². The second-order valence-electron chi connectivity index (χ2n) is 6.63. The quantitative estimate of drug-likeness (QED) is 0.849. The maximum absolute atomic E-state index is 12.3. The number of nitrogens with zero attached hydrogens (tertiary/aromatic N) is 1. The molecule has 128 valence electrons. The molecule has 1 aromatic heterocycles. The molecule has 0 spiro atoms. The van der Waals surface area contributed by atoms with Crippen molar-refractivity contribution in [1.82, 2.24) is 4.57 Å². The molecule has 0 N–H and O–H groups in total. The maximum Gasteiger partial charge on any atom is 0.159 e. The summed E-state index contributed by atoms with van der Waals surface area (Å²) in [7, 11) is 0. The molecule has 4 heteroatoms. The molecule has 4 nitrogen and oxygen atoms in total. The Morgan fingerprint density at radius 2 is 1.68 bits per heavy atom. The molecule has 3 rings (SSSR count). The lowest BCUT2D eigenvalue weighted by Crippen LogP contribution is -2.19. The molecule has 0 saturated heterocycles. The van der Waals surface area contributed by atoms with Crippen LogP contribution in [0.4, 0.5) is 0 Å². The SMILES string of the molecule is CC(=O)CC1C(C(C)=O)=CC(C(C)=O)=Cc2c(C)c3ccccc3n21. The predicted octanol–water partition coefficient (Wildman–Crippen LogP) is 3.97. The Balaban J connectivity index is 2.42. The Kier molecular flexibility index (Phi) is 4.29. The van der Waals surface area contributed by atoms with Crippen molar-refractivity contribution in [2.45, 2.75) is 40.2 Å². The molecule has 0 radical (unpaired) electrons. The number of para-hydroxylation sites is 1. The van der Waals surface area contributed by atoms with Crippen LogP contribution < -0.4 is 0 Å². The lowest BCUT2D eigenvalue weighted by molar-refractivity contribution is -0.117. The summed E-state index contributed by atoms with van der Waals surface area (Å²) >= 11 is 0. The van der Waals surface area contributed by atoms with Gasteiger partial charge in [-0.3, -0.25) is 14.4 Å². The van der Waals surface area contributed by atoms with Gasteiger partial charge in [-0.05, 0) is 51.5 Å². The van der Waals surface area contributed by atoms with Gasteiger partial charge in [-0.1, -0.05) is 18.2 Å². The first kappa shape index (κ1) is 17.1. The van der Waals surface area contributed by atoms with Gasteiger partial charge < -0.3 is 4.57 Å². The summed E-state index contributed by atoms with van der Waals surface area (Å²) in [5.41, 5.74) is 3.88. The van der Waals surface area contributed by atoms with E-state index >= 15 is 0 Å². The van der Waals surface area contributed by atoms with Gasteiger partial charge in [0.05, 0.1) is 6.04 Å². The van der Waals surface area contributed by atoms with Crippen LogP contribution in [0.1, 0.15) is 44.5 Å². The Labute approximate surface area is 146 Å². The van der Waals surface area contributed by atoms with E-state index in [2.05, 4.69) is 0 Å². The van der Waals surface area contributed by atoms with Gasteiger partial charge in [0.15, 0.2) is 11.6 Å². The number of Topliss-reactive ketones (excluding diaryl/α,β-unsaturated/α-hetero) is 3. The molecular weight excluding hydrogens is 314 g/mol. The normalized spacial score (nSPS) is 16.7. The minimum atomic E-state index is -0.406. The third kappa shape index (κ3) is 2.88. The van der Waals surface area contributed by atoms with Crippen molar-refractivity contribution in [3.8, 4) is 0 Å². The molecule has 2 aromatic rings. The summed E-state index contributed by atoms with van der Waals surface area (Å²) in [6, 6.07) is 7.51. The Hall–Kier alpha value is -2.75. The Bertz CT molecular complexity index is 972. The summed E-state index contributed by atoms with van der Waals surface area (Å²) in [5.74, 6) is -0.218. The zero-order chi connectivity index (χ0) is 18.3. The molecule has 0 aliphatic carbocycles. The van der Waals surface area contributed by atoms with Gasteiger partial charge in [-0.2, -0.15) is 0 Å². The lowest BCUT2D eigenvalue weighted by atomic mass is 9.96. The summed E-state index contributed by atoms with van der Waals surface area (Å²) in [6.07, 6.45) is 3.70. The van der Waals surface area contributed by atoms with Crippen LogP contribution in [-0.4, -0.2) is 21.9 Å².